The third kappa shape index (κ3) is 4.83. The first-order valence-corrected chi connectivity index (χ1v) is 11.9. The summed E-state index contributed by atoms with van der Waals surface area (Å²) < 4.78 is 1.10. The van der Waals surface area contributed by atoms with Crippen molar-refractivity contribution in [3.8, 4) is 11.1 Å². The molecule has 35 heavy (non-hydrogen) atoms. The molecular formula is C25H23Cl2N5O3. The molecule has 0 spiro atoms. The summed E-state index contributed by atoms with van der Waals surface area (Å²) in [6, 6.07) is 14.7. The molecule has 1 aliphatic heterocycles. The van der Waals surface area contributed by atoms with Gasteiger partial charge in [0.25, 0.3) is 5.56 Å². The van der Waals surface area contributed by atoms with Crippen molar-refractivity contribution in [2.24, 2.45) is 5.92 Å². The van der Waals surface area contributed by atoms with E-state index >= 15 is 0 Å². The van der Waals surface area contributed by atoms with Crippen molar-refractivity contribution in [2.75, 3.05) is 19.0 Å². The summed E-state index contributed by atoms with van der Waals surface area (Å²) in [6.07, 6.45) is 2.78. The second-order valence-electron chi connectivity index (χ2n) is 8.46. The monoisotopic (exact) mass is 511 g/mol. The van der Waals surface area contributed by atoms with Crippen molar-refractivity contribution in [1.29, 1.82) is 0 Å². The Hall–Kier alpha value is -3.17. The summed E-state index contributed by atoms with van der Waals surface area (Å²) in [5.41, 5.74) is 2.56. The molecule has 10 heteroatoms. The van der Waals surface area contributed by atoms with Crippen LogP contribution in [0.1, 0.15) is 12.0 Å². The average Bonchev–Trinajstić information content (AvgIpc) is 3.24. The highest BCUT2D eigenvalue weighted by atomic mass is 35.5. The summed E-state index contributed by atoms with van der Waals surface area (Å²) >= 11 is 12.7. The molecule has 180 valence electrons. The number of aliphatic hydroxyl groups excluding tert-OH is 1. The van der Waals surface area contributed by atoms with Gasteiger partial charge in [-0.25, -0.2) is 4.98 Å². The first kappa shape index (κ1) is 23.6. The lowest BCUT2D eigenvalue weighted by atomic mass is 9.98. The van der Waals surface area contributed by atoms with E-state index in [4.69, 9.17) is 28.0 Å². The molecule has 1 aliphatic rings. The predicted octanol–water partition coefficient (Wildman–Crippen LogP) is 4.04. The molecule has 2 atom stereocenters. The number of nitrogens with zero attached hydrogens (tertiary/aromatic N) is 3. The van der Waals surface area contributed by atoms with Crippen LogP contribution in [0.25, 0.3) is 22.2 Å². The highest BCUT2D eigenvalue weighted by Gasteiger charge is 2.22. The van der Waals surface area contributed by atoms with Crippen LogP contribution >= 0.6 is 23.2 Å². The van der Waals surface area contributed by atoms with E-state index in [9.17, 15) is 9.90 Å². The van der Waals surface area contributed by atoms with Gasteiger partial charge in [-0.1, -0.05) is 41.4 Å². The lowest BCUT2D eigenvalue weighted by molar-refractivity contribution is 0.156. The molecule has 4 aromatic rings. The molecular weight excluding hydrogens is 489 g/mol. The number of aliphatic hydroxyl groups is 1. The molecule has 1 fully saturated rings. The molecule has 5 rings (SSSR count). The van der Waals surface area contributed by atoms with Crippen molar-refractivity contribution in [2.45, 2.75) is 19.1 Å². The topological polar surface area (TPSA) is 101 Å². The van der Waals surface area contributed by atoms with Crippen LogP contribution in [-0.2, 0) is 6.42 Å². The molecule has 2 aromatic heterocycles. The van der Waals surface area contributed by atoms with Crippen LogP contribution in [0.4, 0.5) is 11.6 Å². The van der Waals surface area contributed by atoms with Gasteiger partial charge < -0.3 is 15.3 Å². The fourth-order valence-electron chi connectivity index (χ4n) is 4.41. The highest BCUT2D eigenvalue weighted by Crippen LogP contribution is 2.34. The number of rotatable bonds is 6. The SMILES string of the molecule is COn1c(=O)c(-c2c(Cl)cccc2Cl)cc2cnc(Nc3cccc(CC4CNC(O)C4)c3)nc21. The molecule has 3 heterocycles. The van der Waals surface area contributed by atoms with Crippen LogP contribution in [0.5, 0.6) is 0 Å². The molecule has 3 N–H and O–H groups in total. The second-order valence-corrected chi connectivity index (χ2v) is 9.28. The number of aromatic nitrogens is 3. The van der Waals surface area contributed by atoms with Gasteiger partial charge in [-0.3, -0.25) is 10.1 Å². The van der Waals surface area contributed by atoms with Gasteiger partial charge in [0.15, 0.2) is 5.65 Å². The summed E-state index contributed by atoms with van der Waals surface area (Å²) in [5, 5.41) is 17.3. The lowest BCUT2D eigenvalue weighted by Gasteiger charge is -2.14. The van der Waals surface area contributed by atoms with Crippen molar-refractivity contribution >= 4 is 45.9 Å². The molecule has 8 nitrogen and oxygen atoms in total. The predicted molar refractivity (Wildman–Crippen MR) is 137 cm³/mol. The van der Waals surface area contributed by atoms with E-state index in [0.717, 1.165) is 35.4 Å². The number of nitrogens with one attached hydrogen (secondary N) is 2. The zero-order chi connectivity index (χ0) is 24.5. The zero-order valence-electron chi connectivity index (χ0n) is 18.8. The molecule has 2 aromatic carbocycles. The lowest BCUT2D eigenvalue weighted by Crippen LogP contribution is -2.27. The molecule has 2 unspecified atom stereocenters. The van der Waals surface area contributed by atoms with E-state index in [-0.39, 0.29) is 0 Å². The van der Waals surface area contributed by atoms with Crippen molar-refractivity contribution in [3.05, 3.63) is 80.7 Å². The van der Waals surface area contributed by atoms with Crippen molar-refractivity contribution in [3.63, 3.8) is 0 Å². The zero-order valence-corrected chi connectivity index (χ0v) is 20.3. The summed E-state index contributed by atoms with van der Waals surface area (Å²) in [4.78, 5) is 27.6. The fraction of sp³-hybridized carbons (Fsp3) is 0.240. The van der Waals surface area contributed by atoms with Crippen LogP contribution in [0.2, 0.25) is 10.0 Å². The smallest absolute Gasteiger partial charge is 0.293 e. The quantitative estimate of drug-likeness (QED) is 0.359. The first-order chi connectivity index (χ1) is 16.9. The third-order valence-corrected chi connectivity index (χ3v) is 6.65. The van der Waals surface area contributed by atoms with Crippen LogP contribution in [0.15, 0.2) is 59.5 Å². The third-order valence-electron chi connectivity index (χ3n) is 6.02. The number of halogens is 2. The van der Waals surface area contributed by atoms with Gasteiger partial charge in [0.2, 0.25) is 5.95 Å². The second kappa shape index (κ2) is 9.83. The summed E-state index contributed by atoms with van der Waals surface area (Å²) in [5.74, 6) is 0.704. The Labute approximate surface area is 211 Å². The minimum absolute atomic E-state index is 0.290. The fourth-order valence-corrected chi connectivity index (χ4v) is 5.01. The Morgan fingerprint density at radius 2 is 1.97 bits per heavy atom. The maximum Gasteiger partial charge on any atom is 0.293 e. The average molecular weight is 512 g/mol. The minimum atomic E-state index is -0.436. The Morgan fingerprint density at radius 3 is 2.69 bits per heavy atom. The van der Waals surface area contributed by atoms with E-state index in [1.807, 2.05) is 18.2 Å². The van der Waals surface area contributed by atoms with E-state index in [2.05, 4.69) is 26.7 Å². The van der Waals surface area contributed by atoms with Gasteiger partial charge in [0, 0.05) is 29.4 Å². The largest absolute Gasteiger partial charge is 0.412 e. The van der Waals surface area contributed by atoms with Gasteiger partial charge in [-0.15, -0.1) is 4.73 Å². The van der Waals surface area contributed by atoms with E-state index in [1.165, 1.54) is 7.11 Å². The number of hydrogen-bond donors (Lipinski definition) is 3. The normalized spacial score (nSPS) is 17.6. The Bertz CT molecular complexity index is 1440. The van der Waals surface area contributed by atoms with Gasteiger partial charge in [-0.05, 0) is 54.7 Å². The van der Waals surface area contributed by atoms with E-state index < -0.39 is 11.8 Å². The van der Waals surface area contributed by atoms with Crippen molar-refractivity contribution in [1.82, 2.24) is 20.0 Å². The summed E-state index contributed by atoms with van der Waals surface area (Å²) in [7, 11) is 1.40. The first-order valence-electron chi connectivity index (χ1n) is 11.1. The van der Waals surface area contributed by atoms with Crippen molar-refractivity contribution < 1.29 is 9.94 Å². The number of benzene rings is 2. The Kier molecular flexibility index (Phi) is 6.62. The standard InChI is InChI=1S/C25H23Cl2N5O3/c1-35-32-23-16(11-18(24(32)34)22-19(26)6-3-7-20(22)27)13-29-25(31-23)30-17-5-2-4-14(9-17)8-15-10-21(33)28-12-15/h2-7,9,11,13,15,21,28,33H,8,10,12H2,1H3,(H,29,30,31). The molecule has 0 amide bonds. The van der Waals surface area contributed by atoms with Gasteiger partial charge >= 0.3 is 0 Å². The van der Waals surface area contributed by atoms with Gasteiger partial charge in [0.05, 0.1) is 15.6 Å². The van der Waals surface area contributed by atoms with Crippen LogP contribution in [0, 0.1) is 5.92 Å². The molecule has 1 saturated heterocycles. The molecule has 0 radical (unpaired) electrons. The molecule has 0 bridgehead atoms. The Morgan fingerprint density at radius 1 is 1.20 bits per heavy atom. The maximum atomic E-state index is 13.2. The number of fused-ring (bicyclic) bond motifs is 1. The molecule has 0 aliphatic carbocycles. The molecule has 0 saturated carbocycles. The van der Waals surface area contributed by atoms with E-state index in [1.54, 1.807) is 30.5 Å². The van der Waals surface area contributed by atoms with Gasteiger partial charge in [-0.2, -0.15) is 4.98 Å². The van der Waals surface area contributed by atoms with Crippen LogP contribution in [-0.4, -0.2) is 39.7 Å². The highest BCUT2D eigenvalue weighted by molar-refractivity contribution is 6.39. The maximum absolute atomic E-state index is 13.2. The van der Waals surface area contributed by atoms with Crippen LogP contribution < -0.4 is 21.0 Å². The number of pyridine rings is 1. The Balaban J connectivity index is 1.47. The number of hydrogen-bond acceptors (Lipinski definition) is 7. The number of anilines is 2. The van der Waals surface area contributed by atoms with Crippen LogP contribution in [0.3, 0.4) is 0 Å². The van der Waals surface area contributed by atoms with E-state index in [0.29, 0.717) is 44.1 Å². The summed E-state index contributed by atoms with van der Waals surface area (Å²) in [6.45, 7) is 0.794. The van der Waals surface area contributed by atoms with Gasteiger partial charge in [0.1, 0.15) is 13.3 Å². The minimum Gasteiger partial charge on any atom is -0.412 e.